The molecule has 1 saturated carbocycles. The van der Waals surface area contributed by atoms with E-state index in [1.54, 1.807) is 0 Å². The van der Waals surface area contributed by atoms with Crippen LogP contribution in [0.3, 0.4) is 0 Å². The molecule has 2 rings (SSSR count). The maximum atomic E-state index is 11.3. The molecular weight excluding hydrogens is 244 g/mol. The highest BCUT2D eigenvalue weighted by Crippen LogP contribution is 2.45. The SMILES string of the molecule is CC(C)OC(=O)CC/C=C/CCC1C(O)CC2OC21. The lowest BCUT2D eigenvalue weighted by molar-refractivity contribution is -0.147. The number of esters is 1. The molecule has 0 spiro atoms. The quantitative estimate of drug-likeness (QED) is 0.437. The summed E-state index contributed by atoms with van der Waals surface area (Å²) in [6, 6.07) is 0. The topological polar surface area (TPSA) is 59.1 Å². The molecule has 4 atom stereocenters. The molecule has 0 aromatic carbocycles. The fourth-order valence-corrected chi connectivity index (χ4v) is 2.76. The average molecular weight is 268 g/mol. The average Bonchev–Trinajstić information content (AvgIpc) is 2.99. The molecule has 1 aliphatic heterocycles. The Balaban J connectivity index is 1.53. The van der Waals surface area contributed by atoms with Crippen LogP contribution >= 0.6 is 0 Å². The lowest BCUT2D eigenvalue weighted by Crippen LogP contribution is -2.19. The van der Waals surface area contributed by atoms with E-state index >= 15 is 0 Å². The molecule has 108 valence electrons. The molecule has 0 radical (unpaired) electrons. The van der Waals surface area contributed by atoms with E-state index in [4.69, 9.17) is 9.47 Å². The summed E-state index contributed by atoms with van der Waals surface area (Å²) in [6.45, 7) is 3.71. The third kappa shape index (κ3) is 4.32. The number of hydrogen-bond donors (Lipinski definition) is 1. The summed E-state index contributed by atoms with van der Waals surface area (Å²) in [4.78, 5) is 11.3. The molecule has 1 saturated heterocycles. The van der Waals surface area contributed by atoms with Crippen LogP contribution in [-0.2, 0) is 14.3 Å². The summed E-state index contributed by atoms with van der Waals surface area (Å²) in [7, 11) is 0. The highest BCUT2D eigenvalue weighted by molar-refractivity contribution is 5.69. The van der Waals surface area contributed by atoms with Gasteiger partial charge in [0.2, 0.25) is 0 Å². The van der Waals surface area contributed by atoms with E-state index in [0.29, 0.717) is 24.5 Å². The Morgan fingerprint density at radius 3 is 2.79 bits per heavy atom. The van der Waals surface area contributed by atoms with Gasteiger partial charge in [0.1, 0.15) is 0 Å². The molecule has 4 nitrogen and oxygen atoms in total. The van der Waals surface area contributed by atoms with Crippen LogP contribution in [0.15, 0.2) is 12.2 Å². The van der Waals surface area contributed by atoms with Crippen molar-refractivity contribution in [3.8, 4) is 0 Å². The van der Waals surface area contributed by atoms with Gasteiger partial charge >= 0.3 is 5.97 Å². The highest BCUT2D eigenvalue weighted by atomic mass is 16.6. The molecule has 19 heavy (non-hydrogen) atoms. The fourth-order valence-electron chi connectivity index (χ4n) is 2.76. The van der Waals surface area contributed by atoms with Crippen molar-refractivity contribution in [3.63, 3.8) is 0 Å². The number of hydrogen-bond acceptors (Lipinski definition) is 4. The first-order chi connectivity index (χ1) is 9.08. The number of allylic oxidation sites excluding steroid dienone is 2. The van der Waals surface area contributed by atoms with Crippen molar-refractivity contribution in [2.24, 2.45) is 5.92 Å². The summed E-state index contributed by atoms with van der Waals surface area (Å²) in [5, 5.41) is 9.78. The predicted octanol–water partition coefficient (Wildman–Crippen LogP) is 2.20. The second-order valence-electron chi connectivity index (χ2n) is 5.73. The molecule has 4 heteroatoms. The van der Waals surface area contributed by atoms with E-state index in [1.165, 1.54) is 0 Å². The predicted molar refractivity (Wildman–Crippen MR) is 71.6 cm³/mol. The van der Waals surface area contributed by atoms with Gasteiger partial charge in [0.05, 0.1) is 24.4 Å². The maximum absolute atomic E-state index is 11.3. The molecule has 2 aliphatic rings. The van der Waals surface area contributed by atoms with Crippen molar-refractivity contribution in [3.05, 3.63) is 12.2 Å². The van der Waals surface area contributed by atoms with Crippen LogP contribution < -0.4 is 0 Å². The third-order valence-corrected chi connectivity index (χ3v) is 3.73. The number of aliphatic hydroxyl groups excluding tert-OH is 1. The lowest BCUT2D eigenvalue weighted by atomic mass is 9.98. The Hall–Kier alpha value is -0.870. The van der Waals surface area contributed by atoms with Gasteiger partial charge in [0.15, 0.2) is 0 Å². The van der Waals surface area contributed by atoms with Crippen molar-refractivity contribution in [1.82, 2.24) is 0 Å². The van der Waals surface area contributed by atoms with Gasteiger partial charge in [-0.05, 0) is 33.1 Å². The van der Waals surface area contributed by atoms with Crippen molar-refractivity contribution < 1.29 is 19.4 Å². The van der Waals surface area contributed by atoms with Gasteiger partial charge in [-0.3, -0.25) is 4.79 Å². The van der Waals surface area contributed by atoms with E-state index in [2.05, 4.69) is 6.08 Å². The molecule has 0 aromatic heterocycles. The molecule has 1 heterocycles. The zero-order valence-corrected chi connectivity index (χ0v) is 11.7. The molecule has 1 aliphatic carbocycles. The third-order valence-electron chi connectivity index (χ3n) is 3.73. The van der Waals surface area contributed by atoms with Gasteiger partial charge in [0.25, 0.3) is 0 Å². The minimum absolute atomic E-state index is 0.0354. The summed E-state index contributed by atoms with van der Waals surface area (Å²) in [5.74, 6) is 0.167. The molecule has 0 amide bonds. The molecule has 2 fully saturated rings. The number of fused-ring (bicyclic) bond motifs is 1. The normalized spacial score (nSPS) is 32.8. The summed E-state index contributed by atoms with van der Waals surface area (Å²) in [5.41, 5.74) is 0. The molecule has 0 bridgehead atoms. The van der Waals surface area contributed by atoms with Crippen molar-refractivity contribution >= 4 is 5.97 Å². The van der Waals surface area contributed by atoms with E-state index in [0.717, 1.165) is 25.7 Å². The zero-order valence-electron chi connectivity index (χ0n) is 11.7. The number of carbonyl (C=O) groups excluding carboxylic acids is 1. The second kappa shape index (κ2) is 6.53. The van der Waals surface area contributed by atoms with Crippen LogP contribution in [0, 0.1) is 5.92 Å². The smallest absolute Gasteiger partial charge is 0.306 e. The van der Waals surface area contributed by atoms with Crippen molar-refractivity contribution in [2.75, 3.05) is 0 Å². The Kier molecular flexibility index (Phi) is 4.99. The highest BCUT2D eigenvalue weighted by Gasteiger charge is 2.54. The van der Waals surface area contributed by atoms with Gasteiger partial charge in [-0.15, -0.1) is 0 Å². The van der Waals surface area contributed by atoms with E-state index in [1.807, 2.05) is 19.9 Å². The van der Waals surface area contributed by atoms with Gasteiger partial charge in [0, 0.05) is 18.8 Å². The Morgan fingerprint density at radius 2 is 2.16 bits per heavy atom. The molecular formula is C15H24O4. The number of epoxide rings is 1. The van der Waals surface area contributed by atoms with Gasteiger partial charge in [-0.2, -0.15) is 0 Å². The van der Waals surface area contributed by atoms with Crippen LogP contribution in [0.5, 0.6) is 0 Å². The first kappa shape index (κ1) is 14.5. The Bertz CT molecular complexity index is 335. The Labute approximate surface area is 114 Å². The number of carbonyl (C=O) groups is 1. The van der Waals surface area contributed by atoms with Gasteiger partial charge in [-0.25, -0.2) is 0 Å². The van der Waals surface area contributed by atoms with Crippen molar-refractivity contribution in [2.45, 2.75) is 70.4 Å². The van der Waals surface area contributed by atoms with Crippen LogP contribution in [0.25, 0.3) is 0 Å². The first-order valence-electron chi connectivity index (χ1n) is 7.26. The molecule has 1 N–H and O–H groups in total. The number of aliphatic hydroxyl groups is 1. The minimum Gasteiger partial charge on any atom is -0.463 e. The summed E-state index contributed by atoms with van der Waals surface area (Å²) in [6.07, 6.45) is 8.40. The fraction of sp³-hybridized carbons (Fsp3) is 0.800. The summed E-state index contributed by atoms with van der Waals surface area (Å²) < 4.78 is 10.5. The maximum Gasteiger partial charge on any atom is 0.306 e. The molecule has 0 aromatic rings. The van der Waals surface area contributed by atoms with Crippen LogP contribution in [-0.4, -0.2) is 35.5 Å². The van der Waals surface area contributed by atoms with Crippen LogP contribution in [0.2, 0.25) is 0 Å². The zero-order chi connectivity index (χ0) is 13.8. The van der Waals surface area contributed by atoms with Crippen molar-refractivity contribution in [1.29, 1.82) is 0 Å². The molecule has 4 unspecified atom stereocenters. The monoisotopic (exact) mass is 268 g/mol. The lowest BCUT2D eigenvalue weighted by Gasteiger charge is -2.15. The van der Waals surface area contributed by atoms with Crippen LogP contribution in [0.4, 0.5) is 0 Å². The van der Waals surface area contributed by atoms with E-state index in [-0.39, 0.29) is 18.2 Å². The van der Waals surface area contributed by atoms with E-state index < -0.39 is 0 Å². The minimum atomic E-state index is -0.182. The second-order valence-corrected chi connectivity index (χ2v) is 5.73. The van der Waals surface area contributed by atoms with Gasteiger partial charge in [-0.1, -0.05) is 12.2 Å². The standard InChI is InChI=1S/C15H24O4/c1-10(2)18-14(17)8-6-4-3-5-7-11-12(16)9-13-15(11)19-13/h3-4,10-13,15-16H,5-9H2,1-2H3/b4-3+. The number of ether oxygens (including phenoxy) is 2. The Morgan fingerprint density at radius 1 is 1.42 bits per heavy atom. The largest absolute Gasteiger partial charge is 0.463 e. The van der Waals surface area contributed by atoms with Gasteiger partial charge < -0.3 is 14.6 Å². The van der Waals surface area contributed by atoms with Crippen LogP contribution in [0.1, 0.15) is 46.0 Å². The van der Waals surface area contributed by atoms with E-state index in [9.17, 15) is 9.90 Å². The summed E-state index contributed by atoms with van der Waals surface area (Å²) >= 11 is 0. The first-order valence-corrected chi connectivity index (χ1v) is 7.26. The number of rotatable bonds is 7.